The molecule has 1 aliphatic carbocycles. The molecule has 0 aromatic heterocycles. The van der Waals surface area contributed by atoms with Crippen LogP contribution < -0.4 is 5.32 Å². The van der Waals surface area contributed by atoms with E-state index in [0.29, 0.717) is 24.5 Å². The Labute approximate surface area is 104 Å². The van der Waals surface area contributed by atoms with Crippen LogP contribution in [0, 0.1) is 11.8 Å². The van der Waals surface area contributed by atoms with Crippen molar-refractivity contribution in [2.24, 2.45) is 11.8 Å². The van der Waals surface area contributed by atoms with Gasteiger partial charge in [-0.3, -0.25) is 19.3 Å². The number of nitrogens with zero attached hydrogens (tertiary/aromatic N) is 1. The van der Waals surface area contributed by atoms with Gasteiger partial charge < -0.3 is 10.4 Å². The standard InChI is InChI=1S/C12H14N2O4/c15-8(16)5-7-9(10(17)6-1-2-6)11-13-3-4-14(11)12(7)18/h6-7,13H,1-5H2,(H,15,16). The molecule has 2 fully saturated rings. The SMILES string of the molecule is O=C(O)CC1C(=O)N2CCNC2=C1C(=O)C1CC1. The van der Waals surface area contributed by atoms with Crippen LogP contribution in [0.4, 0.5) is 0 Å². The molecule has 1 saturated carbocycles. The molecular formula is C12H14N2O4. The van der Waals surface area contributed by atoms with Crippen molar-refractivity contribution in [3.8, 4) is 0 Å². The molecule has 1 atom stereocenters. The molecule has 18 heavy (non-hydrogen) atoms. The summed E-state index contributed by atoms with van der Waals surface area (Å²) < 4.78 is 0. The van der Waals surface area contributed by atoms with Crippen molar-refractivity contribution in [1.29, 1.82) is 0 Å². The maximum absolute atomic E-state index is 12.2. The van der Waals surface area contributed by atoms with E-state index in [0.717, 1.165) is 12.8 Å². The highest BCUT2D eigenvalue weighted by atomic mass is 16.4. The molecule has 1 amide bonds. The monoisotopic (exact) mass is 250 g/mol. The largest absolute Gasteiger partial charge is 0.481 e. The summed E-state index contributed by atoms with van der Waals surface area (Å²) in [7, 11) is 0. The van der Waals surface area contributed by atoms with Crippen LogP contribution in [-0.2, 0) is 14.4 Å². The first-order valence-corrected chi connectivity index (χ1v) is 6.15. The van der Waals surface area contributed by atoms with Crippen molar-refractivity contribution < 1.29 is 19.5 Å². The second-order valence-corrected chi connectivity index (χ2v) is 4.97. The number of Topliss-reactive ketones (excluding diaryl/α,β-unsaturated/α-hetero) is 1. The van der Waals surface area contributed by atoms with Gasteiger partial charge in [-0.05, 0) is 12.8 Å². The number of fused-ring (bicyclic) bond motifs is 1. The number of carbonyl (C=O) groups excluding carboxylic acids is 2. The molecule has 0 radical (unpaired) electrons. The van der Waals surface area contributed by atoms with Gasteiger partial charge in [0.2, 0.25) is 5.91 Å². The number of ketones is 1. The second-order valence-electron chi connectivity index (χ2n) is 4.97. The smallest absolute Gasteiger partial charge is 0.304 e. The molecule has 6 heteroatoms. The Morgan fingerprint density at radius 3 is 2.72 bits per heavy atom. The molecule has 0 bridgehead atoms. The minimum absolute atomic E-state index is 0.000977. The van der Waals surface area contributed by atoms with E-state index in [2.05, 4.69) is 5.32 Å². The predicted octanol–water partition coefficient (Wildman–Crippen LogP) is -0.287. The van der Waals surface area contributed by atoms with Gasteiger partial charge in [-0.1, -0.05) is 0 Å². The Morgan fingerprint density at radius 2 is 2.11 bits per heavy atom. The van der Waals surface area contributed by atoms with Crippen LogP contribution in [0.2, 0.25) is 0 Å². The van der Waals surface area contributed by atoms with E-state index in [4.69, 9.17) is 5.11 Å². The Kier molecular flexibility index (Phi) is 2.39. The van der Waals surface area contributed by atoms with Crippen LogP contribution in [0.15, 0.2) is 11.4 Å². The molecule has 0 aromatic carbocycles. The lowest BCUT2D eigenvalue weighted by Crippen LogP contribution is -2.29. The third-order valence-corrected chi connectivity index (χ3v) is 3.66. The topological polar surface area (TPSA) is 86.7 Å². The van der Waals surface area contributed by atoms with Gasteiger partial charge in [0.15, 0.2) is 5.78 Å². The number of rotatable bonds is 4. The molecule has 0 aromatic rings. The van der Waals surface area contributed by atoms with Gasteiger partial charge in [-0.2, -0.15) is 0 Å². The second kappa shape index (κ2) is 3.83. The van der Waals surface area contributed by atoms with Crippen LogP contribution >= 0.6 is 0 Å². The Hall–Kier alpha value is -1.85. The van der Waals surface area contributed by atoms with E-state index in [1.54, 1.807) is 0 Å². The third-order valence-electron chi connectivity index (χ3n) is 3.66. The summed E-state index contributed by atoms with van der Waals surface area (Å²) in [5.41, 5.74) is 0.405. The van der Waals surface area contributed by atoms with Crippen LogP contribution in [0.25, 0.3) is 0 Å². The van der Waals surface area contributed by atoms with E-state index in [1.165, 1.54) is 4.90 Å². The van der Waals surface area contributed by atoms with Crippen LogP contribution in [0.5, 0.6) is 0 Å². The van der Waals surface area contributed by atoms with Crippen molar-refractivity contribution >= 4 is 17.7 Å². The number of hydrogen-bond donors (Lipinski definition) is 2. The summed E-state index contributed by atoms with van der Waals surface area (Å²) in [6.45, 7) is 1.15. The quantitative estimate of drug-likeness (QED) is 0.716. The first kappa shape index (κ1) is 11.3. The molecule has 96 valence electrons. The summed E-state index contributed by atoms with van der Waals surface area (Å²) in [6.07, 6.45) is 1.40. The van der Waals surface area contributed by atoms with Gasteiger partial charge in [-0.15, -0.1) is 0 Å². The normalized spacial score (nSPS) is 26.3. The zero-order valence-corrected chi connectivity index (χ0v) is 9.81. The van der Waals surface area contributed by atoms with E-state index in [-0.39, 0.29) is 24.0 Å². The summed E-state index contributed by atoms with van der Waals surface area (Å²) >= 11 is 0. The number of carboxylic acids is 1. The third kappa shape index (κ3) is 1.60. The zero-order valence-electron chi connectivity index (χ0n) is 9.81. The molecule has 6 nitrogen and oxygen atoms in total. The average molecular weight is 250 g/mol. The lowest BCUT2D eigenvalue weighted by atomic mass is 9.92. The van der Waals surface area contributed by atoms with Crippen molar-refractivity contribution in [2.75, 3.05) is 13.1 Å². The molecule has 0 spiro atoms. The Balaban J connectivity index is 1.96. The summed E-state index contributed by atoms with van der Waals surface area (Å²) in [6, 6.07) is 0. The fraction of sp³-hybridized carbons (Fsp3) is 0.583. The fourth-order valence-corrected chi connectivity index (χ4v) is 2.65. The molecule has 1 saturated heterocycles. The highest BCUT2D eigenvalue weighted by molar-refractivity contribution is 6.08. The maximum Gasteiger partial charge on any atom is 0.304 e. The lowest BCUT2D eigenvalue weighted by molar-refractivity contribution is -0.141. The molecule has 2 N–H and O–H groups in total. The number of hydrogen-bond acceptors (Lipinski definition) is 4. The molecule has 3 rings (SSSR count). The first-order valence-electron chi connectivity index (χ1n) is 6.15. The summed E-state index contributed by atoms with van der Waals surface area (Å²) in [4.78, 5) is 36.7. The number of aliphatic carboxylic acids is 1. The van der Waals surface area contributed by atoms with Gasteiger partial charge in [0.25, 0.3) is 0 Å². The van der Waals surface area contributed by atoms with E-state index >= 15 is 0 Å². The number of nitrogens with one attached hydrogen (secondary N) is 1. The highest BCUT2D eigenvalue weighted by Gasteiger charge is 2.48. The molecule has 2 aliphatic heterocycles. The minimum Gasteiger partial charge on any atom is -0.481 e. The Morgan fingerprint density at radius 1 is 1.39 bits per heavy atom. The van der Waals surface area contributed by atoms with Gasteiger partial charge in [0.05, 0.1) is 12.3 Å². The van der Waals surface area contributed by atoms with Crippen molar-refractivity contribution in [1.82, 2.24) is 10.2 Å². The minimum atomic E-state index is -1.05. The molecule has 3 aliphatic rings. The van der Waals surface area contributed by atoms with Crippen molar-refractivity contribution in [3.63, 3.8) is 0 Å². The summed E-state index contributed by atoms with van der Waals surface area (Å²) in [5.74, 6) is -1.57. The predicted molar refractivity (Wildman–Crippen MR) is 60.2 cm³/mol. The van der Waals surface area contributed by atoms with E-state index in [9.17, 15) is 14.4 Å². The number of carboxylic acid groups (broad SMARTS) is 1. The average Bonchev–Trinajstić information content (AvgIpc) is 3.00. The molecule has 1 unspecified atom stereocenters. The summed E-state index contributed by atoms with van der Waals surface area (Å²) in [5, 5.41) is 11.9. The van der Waals surface area contributed by atoms with Gasteiger partial charge in [-0.25, -0.2) is 0 Å². The van der Waals surface area contributed by atoms with Crippen LogP contribution in [0.3, 0.4) is 0 Å². The van der Waals surface area contributed by atoms with Gasteiger partial charge in [0, 0.05) is 24.6 Å². The van der Waals surface area contributed by atoms with E-state index in [1.807, 2.05) is 0 Å². The lowest BCUT2D eigenvalue weighted by Gasteiger charge is -2.11. The molecule has 2 heterocycles. The molecular weight excluding hydrogens is 236 g/mol. The van der Waals surface area contributed by atoms with Gasteiger partial charge in [0.1, 0.15) is 5.82 Å². The van der Waals surface area contributed by atoms with Crippen LogP contribution in [0.1, 0.15) is 19.3 Å². The maximum atomic E-state index is 12.2. The van der Waals surface area contributed by atoms with Crippen molar-refractivity contribution in [2.45, 2.75) is 19.3 Å². The number of carbonyl (C=O) groups is 3. The fourth-order valence-electron chi connectivity index (χ4n) is 2.65. The first-order chi connectivity index (χ1) is 8.59. The highest BCUT2D eigenvalue weighted by Crippen LogP contribution is 2.40. The zero-order chi connectivity index (χ0) is 12.9. The van der Waals surface area contributed by atoms with Crippen molar-refractivity contribution in [3.05, 3.63) is 11.4 Å². The van der Waals surface area contributed by atoms with Gasteiger partial charge >= 0.3 is 5.97 Å². The number of amides is 1. The van der Waals surface area contributed by atoms with Crippen LogP contribution in [-0.4, -0.2) is 40.8 Å². The Bertz CT molecular complexity index is 478. The van der Waals surface area contributed by atoms with E-state index < -0.39 is 11.9 Å².